The van der Waals surface area contributed by atoms with Gasteiger partial charge in [-0.1, -0.05) is 152 Å². The highest BCUT2D eigenvalue weighted by molar-refractivity contribution is 6.12. The molecule has 11 rings (SSSR count). The zero-order chi connectivity index (χ0) is 37.0. The summed E-state index contributed by atoms with van der Waals surface area (Å²) in [5.41, 5.74) is 16.8. The number of nitrogens with zero attached hydrogens (tertiary/aromatic N) is 2. The fraction of sp³-hybridized carbons (Fsp3) is 0. The highest BCUT2D eigenvalue weighted by atomic mass is 15.0. The van der Waals surface area contributed by atoms with Gasteiger partial charge in [0.1, 0.15) is 0 Å². The molecule has 2 nitrogen and oxygen atoms in total. The van der Waals surface area contributed by atoms with E-state index < -0.39 is 0 Å². The van der Waals surface area contributed by atoms with Gasteiger partial charge >= 0.3 is 0 Å². The molecule has 9 aromatic carbocycles. The van der Waals surface area contributed by atoms with E-state index in [2.05, 4.69) is 228 Å². The zero-order valence-corrected chi connectivity index (χ0v) is 30.7. The summed E-state index contributed by atoms with van der Waals surface area (Å²) in [6.07, 6.45) is 0. The van der Waals surface area contributed by atoms with Crippen molar-refractivity contribution >= 4 is 43.6 Å². The van der Waals surface area contributed by atoms with Gasteiger partial charge < -0.3 is 9.13 Å². The predicted molar refractivity (Wildman–Crippen MR) is 237 cm³/mol. The monoisotopic (exact) mass is 712 g/mol. The Labute approximate surface area is 325 Å². The Morgan fingerprint density at radius 2 is 0.625 bits per heavy atom. The molecule has 262 valence electrons. The van der Waals surface area contributed by atoms with Crippen LogP contribution in [-0.4, -0.2) is 9.13 Å². The Bertz CT molecular complexity index is 3240. The van der Waals surface area contributed by atoms with Crippen LogP contribution in [0.15, 0.2) is 218 Å². The molecule has 0 saturated carbocycles. The average Bonchev–Trinajstić information content (AvgIpc) is 3.79. The van der Waals surface area contributed by atoms with Gasteiger partial charge in [-0.25, -0.2) is 0 Å². The van der Waals surface area contributed by atoms with E-state index in [0.717, 1.165) is 5.69 Å². The summed E-state index contributed by atoms with van der Waals surface area (Å²) >= 11 is 0. The van der Waals surface area contributed by atoms with Crippen LogP contribution in [0.25, 0.3) is 99.5 Å². The zero-order valence-electron chi connectivity index (χ0n) is 30.7. The first-order chi connectivity index (χ1) is 27.8. The minimum Gasteiger partial charge on any atom is -0.309 e. The van der Waals surface area contributed by atoms with Crippen LogP contribution in [0.3, 0.4) is 0 Å². The highest BCUT2D eigenvalue weighted by Gasteiger charge is 2.17. The molecule has 0 fully saturated rings. The Morgan fingerprint density at radius 1 is 0.214 bits per heavy atom. The third-order valence-electron chi connectivity index (χ3n) is 11.3. The van der Waals surface area contributed by atoms with Gasteiger partial charge in [0, 0.05) is 32.9 Å². The molecule has 0 spiro atoms. The number of para-hydroxylation sites is 3. The molecule has 0 aliphatic carbocycles. The lowest BCUT2D eigenvalue weighted by molar-refractivity contribution is 1.18. The Hall–Kier alpha value is -7.42. The fourth-order valence-electron chi connectivity index (χ4n) is 8.73. The van der Waals surface area contributed by atoms with Crippen LogP contribution < -0.4 is 0 Å². The maximum atomic E-state index is 2.41. The van der Waals surface area contributed by atoms with Crippen LogP contribution in [0.4, 0.5) is 0 Å². The lowest BCUT2D eigenvalue weighted by atomic mass is 9.92. The van der Waals surface area contributed by atoms with E-state index in [4.69, 9.17) is 0 Å². The number of fused-ring (bicyclic) bond motifs is 6. The molecular formula is C54H36N2. The van der Waals surface area contributed by atoms with Gasteiger partial charge in [-0.3, -0.25) is 0 Å². The summed E-state index contributed by atoms with van der Waals surface area (Å²) in [4.78, 5) is 0. The van der Waals surface area contributed by atoms with Crippen molar-refractivity contribution in [1.29, 1.82) is 0 Å². The lowest BCUT2D eigenvalue weighted by Gasteiger charge is -2.13. The maximum Gasteiger partial charge on any atom is 0.0541 e. The first kappa shape index (κ1) is 32.0. The van der Waals surface area contributed by atoms with Gasteiger partial charge in [0.25, 0.3) is 0 Å². The van der Waals surface area contributed by atoms with Crippen molar-refractivity contribution < 1.29 is 0 Å². The minimum absolute atomic E-state index is 1.16. The molecule has 0 bridgehead atoms. The van der Waals surface area contributed by atoms with Crippen LogP contribution >= 0.6 is 0 Å². The fourth-order valence-corrected chi connectivity index (χ4v) is 8.73. The third-order valence-corrected chi connectivity index (χ3v) is 11.3. The van der Waals surface area contributed by atoms with Crippen molar-refractivity contribution in [2.45, 2.75) is 0 Å². The minimum atomic E-state index is 1.16. The van der Waals surface area contributed by atoms with Crippen LogP contribution in [0.5, 0.6) is 0 Å². The summed E-state index contributed by atoms with van der Waals surface area (Å²) in [6, 6.07) is 79.4. The van der Waals surface area contributed by atoms with E-state index in [1.54, 1.807) is 0 Å². The number of benzene rings is 9. The molecule has 0 aliphatic rings. The quantitative estimate of drug-likeness (QED) is 0.162. The summed E-state index contributed by atoms with van der Waals surface area (Å²) in [5, 5.41) is 5.01. The third kappa shape index (κ3) is 5.26. The van der Waals surface area contributed by atoms with Crippen molar-refractivity contribution in [2.75, 3.05) is 0 Å². The van der Waals surface area contributed by atoms with Crippen molar-refractivity contribution in [3.8, 4) is 55.9 Å². The maximum absolute atomic E-state index is 2.41. The average molecular weight is 713 g/mol. The van der Waals surface area contributed by atoms with E-state index in [0.29, 0.717) is 0 Å². The van der Waals surface area contributed by atoms with Gasteiger partial charge in [0.15, 0.2) is 0 Å². The van der Waals surface area contributed by atoms with Crippen molar-refractivity contribution in [1.82, 2.24) is 9.13 Å². The molecule has 0 unspecified atom stereocenters. The Morgan fingerprint density at radius 3 is 1.30 bits per heavy atom. The van der Waals surface area contributed by atoms with E-state index in [1.165, 1.54) is 93.8 Å². The van der Waals surface area contributed by atoms with Gasteiger partial charge in [-0.15, -0.1) is 0 Å². The van der Waals surface area contributed by atoms with Crippen LogP contribution in [-0.2, 0) is 0 Å². The lowest BCUT2D eigenvalue weighted by Crippen LogP contribution is -1.94. The topological polar surface area (TPSA) is 9.86 Å². The van der Waals surface area contributed by atoms with Gasteiger partial charge in [0.05, 0.1) is 22.1 Å². The SMILES string of the molecule is c1ccc(-c2cccc(-n3c4ccccc4c4cc(-c5ccccc5-c5cccc(-c6ccc7c(c6)c6ccccc6n7-c6ccccc6)c5)ccc43)c2)cc1. The molecule has 0 amide bonds. The van der Waals surface area contributed by atoms with Crippen molar-refractivity contribution in [3.05, 3.63) is 218 Å². The van der Waals surface area contributed by atoms with Gasteiger partial charge in [0.2, 0.25) is 0 Å². The van der Waals surface area contributed by atoms with Crippen LogP contribution in [0, 0.1) is 0 Å². The van der Waals surface area contributed by atoms with Gasteiger partial charge in [-0.2, -0.15) is 0 Å². The van der Waals surface area contributed by atoms with Crippen LogP contribution in [0.1, 0.15) is 0 Å². The highest BCUT2D eigenvalue weighted by Crippen LogP contribution is 2.40. The predicted octanol–water partition coefficient (Wildman–Crippen LogP) is 14.5. The number of rotatable bonds is 6. The second-order valence-corrected chi connectivity index (χ2v) is 14.5. The summed E-state index contributed by atoms with van der Waals surface area (Å²) in [5.74, 6) is 0. The first-order valence-corrected chi connectivity index (χ1v) is 19.3. The summed E-state index contributed by atoms with van der Waals surface area (Å²) in [6.45, 7) is 0. The molecule has 0 N–H and O–H groups in total. The van der Waals surface area contributed by atoms with Gasteiger partial charge in [-0.05, 0) is 111 Å². The molecule has 0 saturated heterocycles. The number of hydrogen-bond acceptors (Lipinski definition) is 0. The second kappa shape index (κ2) is 13.2. The molecular weight excluding hydrogens is 677 g/mol. The summed E-state index contributed by atoms with van der Waals surface area (Å²) < 4.78 is 4.78. The standard InChI is InChI=1S/C54H36N2/c1-3-15-37(16-4-1)39-18-14-22-44(34-39)56-52-28-12-10-26-48(52)50-36-42(30-32-54(50)56)46-24-8-7-23-45(46)41-19-13-17-38(33-41)40-29-31-53-49(35-40)47-25-9-11-27-51(47)55(53)43-20-5-2-6-21-43/h1-36H. The van der Waals surface area contributed by atoms with E-state index in [1.807, 2.05) is 0 Å². The van der Waals surface area contributed by atoms with E-state index in [9.17, 15) is 0 Å². The number of hydrogen-bond donors (Lipinski definition) is 0. The largest absolute Gasteiger partial charge is 0.309 e. The molecule has 0 atom stereocenters. The molecule has 0 radical (unpaired) electrons. The smallest absolute Gasteiger partial charge is 0.0541 e. The van der Waals surface area contributed by atoms with Crippen molar-refractivity contribution in [2.24, 2.45) is 0 Å². The van der Waals surface area contributed by atoms with Crippen molar-refractivity contribution in [3.63, 3.8) is 0 Å². The number of aromatic nitrogens is 2. The second-order valence-electron chi connectivity index (χ2n) is 14.5. The molecule has 2 aromatic heterocycles. The first-order valence-electron chi connectivity index (χ1n) is 19.3. The molecule has 2 heterocycles. The Balaban J connectivity index is 1.01. The Kier molecular flexibility index (Phi) is 7.53. The summed E-state index contributed by atoms with van der Waals surface area (Å²) in [7, 11) is 0. The molecule has 56 heavy (non-hydrogen) atoms. The molecule has 11 aromatic rings. The van der Waals surface area contributed by atoms with Crippen LogP contribution in [0.2, 0.25) is 0 Å². The normalized spacial score (nSPS) is 11.6. The molecule has 2 heteroatoms. The molecule has 0 aliphatic heterocycles. The van der Waals surface area contributed by atoms with E-state index in [-0.39, 0.29) is 0 Å². The van der Waals surface area contributed by atoms with E-state index >= 15 is 0 Å².